The topological polar surface area (TPSA) is 60.7 Å². The highest BCUT2D eigenvalue weighted by Crippen LogP contribution is 2.18. The number of rotatable bonds is 0. The molecule has 0 aromatic carbocycles. The Bertz CT molecular complexity index is 210. The van der Waals surface area contributed by atoms with Crippen LogP contribution in [0, 0.1) is 0 Å². The van der Waals surface area contributed by atoms with Gasteiger partial charge in [-0.05, 0) is 12.2 Å². The summed E-state index contributed by atoms with van der Waals surface area (Å²) in [5, 5.41) is 25.8. The Morgan fingerprint density at radius 3 is 2.11 bits per heavy atom. The van der Waals surface area contributed by atoms with Gasteiger partial charge in [-0.15, -0.1) is 0 Å². The second kappa shape index (κ2) is 1.85. The normalized spacial score (nSPS) is 22.0. The lowest BCUT2D eigenvalue weighted by atomic mass is 10.3. The smallest absolute Gasteiger partial charge is 0.167 e. The molecule has 0 aromatic heterocycles. The Morgan fingerprint density at radius 2 is 1.89 bits per heavy atom. The summed E-state index contributed by atoms with van der Waals surface area (Å²) in [6.07, 6.45) is 3.44. The molecule has 0 unspecified atom stereocenters. The van der Waals surface area contributed by atoms with Gasteiger partial charge < -0.3 is 15.3 Å². The van der Waals surface area contributed by atoms with E-state index >= 15 is 0 Å². The fourth-order valence-electron chi connectivity index (χ4n) is 0.579. The number of hydrogen-bond acceptors (Lipinski definition) is 3. The quantitative estimate of drug-likeness (QED) is 0.429. The van der Waals surface area contributed by atoms with Gasteiger partial charge in [0.05, 0.1) is 11.8 Å². The molecule has 1 rings (SSSR count). The SMILES string of the molecule is OC=C1C=CC(O)=C1O. The molecule has 0 aliphatic heterocycles. The summed E-state index contributed by atoms with van der Waals surface area (Å²) in [4.78, 5) is 0. The lowest BCUT2D eigenvalue weighted by molar-refractivity contribution is 0.349. The van der Waals surface area contributed by atoms with E-state index in [-0.39, 0.29) is 17.1 Å². The molecule has 3 N–H and O–H groups in total. The second-order valence-corrected chi connectivity index (χ2v) is 1.65. The third-order valence-electron chi connectivity index (χ3n) is 1.08. The predicted octanol–water partition coefficient (Wildman–Crippen LogP) is 1.33. The minimum absolute atomic E-state index is 0.213. The molecular formula is C6H6O3. The fraction of sp³-hybridized carbons (Fsp3) is 0. The first-order valence-corrected chi connectivity index (χ1v) is 2.40. The van der Waals surface area contributed by atoms with Gasteiger partial charge in [-0.25, -0.2) is 0 Å². The maximum absolute atomic E-state index is 8.80. The van der Waals surface area contributed by atoms with Crippen molar-refractivity contribution in [2.24, 2.45) is 0 Å². The van der Waals surface area contributed by atoms with Crippen molar-refractivity contribution in [2.45, 2.75) is 0 Å². The van der Waals surface area contributed by atoms with Crippen molar-refractivity contribution in [1.82, 2.24) is 0 Å². The van der Waals surface area contributed by atoms with E-state index in [4.69, 9.17) is 15.3 Å². The van der Waals surface area contributed by atoms with Crippen LogP contribution in [0.5, 0.6) is 0 Å². The number of hydrogen-bond donors (Lipinski definition) is 3. The third-order valence-corrected chi connectivity index (χ3v) is 1.08. The van der Waals surface area contributed by atoms with Crippen LogP contribution in [0.4, 0.5) is 0 Å². The first kappa shape index (κ1) is 5.75. The largest absolute Gasteiger partial charge is 0.515 e. The van der Waals surface area contributed by atoms with Gasteiger partial charge in [-0.2, -0.15) is 0 Å². The highest BCUT2D eigenvalue weighted by molar-refractivity contribution is 5.45. The van der Waals surface area contributed by atoms with Crippen LogP contribution in [0.25, 0.3) is 0 Å². The van der Waals surface area contributed by atoms with E-state index in [9.17, 15) is 0 Å². The third kappa shape index (κ3) is 0.762. The summed E-state index contributed by atoms with van der Waals surface area (Å²) in [6.45, 7) is 0. The Kier molecular flexibility index (Phi) is 1.18. The zero-order valence-corrected chi connectivity index (χ0v) is 4.57. The highest BCUT2D eigenvalue weighted by atomic mass is 16.3. The highest BCUT2D eigenvalue weighted by Gasteiger charge is 2.10. The van der Waals surface area contributed by atoms with E-state index in [1.165, 1.54) is 12.2 Å². The van der Waals surface area contributed by atoms with Gasteiger partial charge in [-0.3, -0.25) is 0 Å². The van der Waals surface area contributed by atoms with Crippen LogP contribution in [-0.4, -0.2) is 15.3 Å². The van der Waals surface area contributed by atoms with Crippen molar-refractivity contribution in [3.8, 4) is 0 Å². The molecule has 0 heterocycles. The van der Waals surface area contributed by atoms with Gasteiger partial charge in [0.1, 0.15) is 0 Å². The first-order valence-electron chi connectivity index (χ1n) is 2.40. The molecular weight excluding hydrogens is 120 g/mol. The maximum Gasteiger partial charge on any atom is 0.167 e. The van der Waals surface area contributed by atoms with Gasteiger partial charge >= 0.3 is 0 Å². The van der Waals surface area contributed by atoms with Gasteiger partial charge in [0.15, 0.2) is 11.5 Å². The van der Waals surface area contributed by atoms with Crippen LogP contribution in [0.1, 0.15) is 0 Å². The van der Waals surface area contributed by atoms with Gasteiger partial charge in [0, 0.05) is 0 Å². The standard InChI is InChI=1S/C6H6O3/c7-3-4-1-2-5(8)6(4)9/h1-3,7-9H. The molecule has 0 spiro atoms. The molecule has 0 aromatic rings. The molecule has 3 nitrogen and oxygen atoms in total. The molecule has 1 aliphatic carbocycles. The van der Waals surface area contributed by atoms with Gasteiger partial charge in [-0.1, -0.05) is 0 Å². The summed E-state index contributed by atoms with van der Waals surface area (Å²) in [7, 11) is 0. The Balaban J connectivity index is 3.01. The summed E-state index contributed by atoms with van der Waals surface area (Å²) < 4.78 is 0. The minimum atomic E-state index is -0.280. The van der Waals surface area contributed by atoms with E-state index in [1.54, 1.807) is 0 Å². The molecule has 0 radical (unpaired) electrons. The summed E-state index contributed by atoms with van der Waals surface area (Å²) >= 11 is 0. The van der Waals surface area contributed by atoms with E-state index in [1.807, 2.05) is 0 Å². The van der Waals surface area contributed by atoms with Crippen LogP contribution in [-0.2, 0) is 0 Å². The zero-order chi connectivity index (χ0) is 6.85. The van der Waals surface area contributed by atoms with Crippen molar-refractivity contribution in [2.75, 3.05) is 0 Å². The number of aliphatic hydroxyl groups is 3. The summed E-state index contributed by atoms with van der Waals surface area (Å²) in [5.74, 6) is -0.493. The van der Waals surface area contributed by atoms with Crippen LogP contribution < -0.4 is 0 Å². The molecule has 0 atom stereocenters. The lowest BCUT2D eigenvalue weighted by Gasteiger charge is -1.91. The molecule has 0 saturated carbocycles. The molecule has 1 aliphatic rings. The van der Waals surface area contributed by atoms with E-state index in [0.717, 1.165) is 6.26 Å². The Labute approximate surface area is 51.9 Å². The predicted molar refractivity (Wildman–Crippen MR) is 32.1 cm³/mol. The monoisotopic (exact) mass is 126 g/mol. The molecule has 0 amide bonds. The summed E-state index contributed by atoms with van der Waals surface area (Å²) in [5.41, 5.74) is 0.229. The maximum atomic E-state index is 8.80. The minimum Gasteiger partial charge on any atom is -0.515 e. The van der Waals surface area contributed by atoms with Crippen molar-refractivity contribution >= 4 is 0 Å². The van der Waals surface area contributed by atoms with Gasteiger partial charge in [0.2, 0.25) is 0 Å². The van der Waals surface area contributed by atoms with Gasteiger partial charge in [0.25, 0.3) is 0 Å². The van der Waals surface area contributed by atoms with E-state index in [2.05, 4.69) is 0 Å². The van der Waals surface area contributed by atoms with E-state index < -0.39 is 0 Å². The molecule has 48 valence electrons. The number of allylic oxidation sites excluding steroid dienone is 2. The molecule has 0 bridgehead atoms. The fourth-order valence-corrected chi connectivity index (χ4v) is 0.579. The Hall–Kier alpha value is -1.38. The Morgan fingerprint density at radius 1 is 1.22 bits per heavy atom. The summed E-state index contributed by atoms with van der Waals surface area (Å²) in [6, 6.07) is 0. The number of aliphatic hydroxyl groups excluding tert-OH is 3. The molecule has 0 saturated heterocycles. The van der Waals surface area contributed by atoms with Crippen molar-refractivity contribution < 1.29 is 15.3 Å². The van der Waals surface area contributed by atoms with Crippen LogP contribution in [0.2, 0.25) is 0 Å². The van der Waals surface area contributed by atoms with E-state index in [0.29, 0.717) is 0 Å². The first-order chi connectivity index (χ1) is 4.25. The lowest BCUT2D eigenvalue weighted by Crippen LogP contribution is -1.83. The molecule has 0 fully saturated rings. The average Bonchev–Trinajstić information content (AvgIpc) is 2.15. The molecule has 3 heteroatoms. The van der Waals surface area contributed by atoms with Crippen LogP contribution >= 0.6 is 0 Å². The van der Waals surface area contributed by atoms with Crippen molar-refractivity contribution in [1.29, 1.82) is 0 Å². The van der Waals surface area contributed by atoms with Crippen molar-refractivity contribution in [3.63, 3.8) is 0 Å². The average molecular weight is 126 g/mol. The second-order valence-electron chi connectivity index (χ2n) is 1.65. The van der Waals surface area contributed by atoms with Crippen LogP contribution in [0.3, 0.4) is 0 Å². The molecule has 9 heavy (non-hydrogen) atoms. The van der Waals surface area contributed by atoms with Crippen molar-refractivity contribution in [3.05, 3.63) is 35.5 Å². The zero-order valence-electron chi connectivity index (χ0n) is 4.57. The van der Waals surface area contributed by atoms with Crippen LogP contribution in [0.15, 0.2) is 35.5 Å².